The first-order chi connectivity index (χ1) is 11.2. The molecule has 120 valence electrons. The molecule has 0 amide bonds. The summed E-state index contributed by atoms with van der Waals surface area (Å²) in [6.45, 7) is -0.0179. The number of carbonyl (C=O) groups excluding carboxylic acids is 1. The van der Waals surface area contributed by atoms with Gasteiger partial charge >= 0.3 is 0 Å². The van der Waals surface area contributed by atoms with Gasteiger partial charge in [-0.1, -0.05) is 18.2 Å². The second kappa shape index (κ2) is 8.73. The van der Waals surface area contributed by atoms with Gasteiger partial charge in [0.05, 0.1) is 20.4 Å². The number of halogens is 1. The fourth-order valence-corrected chi connectivity index (χ4v) is 1.94. The molecule has 2 aromatic carbocycles. The van der Waals surface area contributed by atoms with Gasteiger partial charge in [0.1, 0.15) is 11.5 Å². The zero-order valence-electron chi connectivity index (χ0n) is 13.0. The number of ketones is 1. The quantitative estimate of drug-likeness (QED) is 0.413. The van der Waals surface area contributed by atoms with E-state index in [2.05, 4.69) is 0 Å². The van der Waals surface area contributed by atoms with Gasteiger partial charge in [0.2, 0.25) is 0 Å². The van der Waals surface area contributed by atoms with Crippen molar-refractivity contribution in [3.63, 3.8) is 0 Å². The van der Waals surface area contributed by atoms with Crippen molar-refractivity contribution >= 4 is 11.9 Å². The van der Waals surface area contributed by atoms with Crippen molar-refractivity contribution in [1.29, 1.82) is 0 Å². The molecule has 0 radical (unpaired) electrons. The second-order valence-corrected chi connectivity index (χ2v) is 4.89. The molecule has 2 rings (SSSR count). The summed E-state index contributed by atoms with van der Waals surface area (Å²) in [5.74, 6) is 1.34. The predicted molar refractivity (Wildman–Crippen MR) is 88.9 cm³/mol. The maximum atomic E-state index is 12.1. The van der Waals surface area contributed by atoms with Crippen LogP contribution in [0.5, 0.6) is 11.5 Å². The third-order valence-electron chi connectivity index (χ3n) is 3.23. The molecule has 0 aliphatic heterocycles. The first-order valence-electron chi connectivity index (χ1n) is 7.38. The minimum absolute atomic E-state index is 0.0732. The number of hydrogen-bond acceptors (Lipinski definition) is 3. The molecule has 0 aromatic heterocycles. The fourth-order valence-electron chi connectivity index (χ4n) is 1.94. The molecule has 0 aliphatic carbocycles. The van der Waals surface area contributed by atoms with Crippen molar-refractivity contribution in [2.45, 2.75) is 6.42 Å². The number of allylic oxidation sites excluding steroid dienone is 1. The molecular formula is C19H19FO3. The molecule has 0 saturated carbocycles. The first-order valence-corrected chi connectivity index (χ1v) is 7.38. The van der Waals surface area contributed by atoms with E-state index < -0.39 is 0 Å². The van der Waals surface area contributed by atoms with Crippen LogP contribution in [-0.2, 0) is 0 Å². The van der Waals surface area contributed by atoms with Gasteiger partial charge in [-0.2, -0.15) is 0 Å². The van der Waals surface area contributed by atoms with Crippen LogP contribution in [0.4, 0.5) is 4.39 Å². The molecule has 0 N–H and O–H groups in total. The van der Waals surface area contributed by atoms with Crippen LogP contribution in [0.2, 0.25) is 0 Å². The Labute approximate surface area is 135 Å². The summed E-state index contributed by atoms with van der Waals surface area (Å²) in [6.07, 6.45) is 3.66. The number of hydrogen-bond donors (Lipinski definition) is 0. The summed E-state index contributed by atoms with van der Waals surface area (Å²) in [7, 11) is 1.59. The molecule has 0 heterocycles. The van der Waals surface area contributed by atoms with E-state index in [0.717, 1.165) is 5.56 Å². The summed E-state index contributed by atoms with van der Waals surface area (Å²) >= 11 is 0. The predicted octanol–water partition coefficient (Wildman–Crippen LogP) is 4.33. The Morgan fingerprint density at radius 3 is 2.30 bits per heavy atom. The summed E-state index contributed by atoms with van der Waals surface area (Å²) in [5, 5.41) is 0. The largest absolute Gasteiger partial charge is 0.497 e. The van der Waals surface area contributed by atoms with Gasteiger partial charge in [-0.3, -0.25) is 9.18 Å². The standard InChI is InChI=1S/C19H19FO3/c1-22-17-10-6-16(7-11-17)19(21)12-5-15-3-8-18(9-4-15)23-14-2-13-20/h3-12H,2,13-14H2,1H3. The number of benzene rings is 2. The summed E-state index contributed by atoms with van der Waals surface area (Å²) < 4.78 is 22.4. The molecule has 0 fully saturated rings. The highest BCUT2D eigenvalue weighted by molar-refractivity contribution is 6.06. The molecule has 0 spiro atoms. The molecular weight excluding hydrogens is 295 g/mol. The van der Waals surface area contributed by atoms with Crippen LogP contribution in [0.15, 0.2) is 54.6 Å². The average molecular weight is 314 g/mol. The smallest absolute Gasteiger partial charge is 0.185 e. The molecule has 0 bridgehead atoms. The monoisotopic (exact) mass is 314 g/mol. The van der Waals surface area contributed by atoms with Gasteiger partial charge in [0.25, 0.3) is 0 Å². The lowest BCUT2D eigenvalue weighted by atomic mass is 10.1. The topological polar surface area (TPSA) is 35.5 Å². The van der Waals surface area contributed by atoms with E-state index in [1.807, 2.05) is 12.1 Å². The van der Waals surface area contributed by atoms with Gasteiger partial charge in [-0.25, -0.2) is 0 Å². The van der Waals surface area contributed by atoms with Crippen molar-refractivity contribution in [2.24, 2.45) is 0 Å². The van der Waals surface area contributed by atoms with E-state index in [9.17, 15) is 9.18 Å². The first kappa shape index (κ1) is 16.7. The zero-order chi connectivity index (χ0) is 16.5. The molecule has 0 atom stereocenters. The molecule has 3 nitrogen and oxygen atoms in total. The average Bonchev–Trinajstić information content (AvgIpc) is 2.61. The Morgan fingerprint density at radius 1 is 1.04 bits per heavy atom. The Bertz CT molecular complexity index is 645. The van der Waals surface area contributed by atoms with Crippen molar-refractivity contribution in [3.8, 4) is 11.5 Å². The highest BCUT2D eigenvalue weighted by Gasteiger charge is 2.02. The van der Waals surface area contributed by atoms with Crippen LogP contribution >= 0.6 is 0 Å². The Kier molecular flexibility index (Phi) is 6.36. The molecule has 4 heteroatoms. The molecule has 23 heavy (non-hydrogen) atoms. The Hall–Kier alpha value is -2.62. The van der Waals surface area contributed by atoms with E-state index in [-0.39, 0.29) is 12.5 Å². The number of rotatable bonds is 8. The molecule has 0 aliphatic rings. The van der Waals surface area contributed by atoms with Crippen molar-refractivity contribution in [2.75, 3.05) is 20.4 Å². The van der Waals surface area contributed by atoms with E-state index in [1.54, 1.807) is 49.6 Å². The summed E-state index contributed by atoms with van der Waals surface area (Å²) in [4.78, 5) is 12.1. The van der Waals surface area contributed by atoms with E-state index in [1.165, 1.54) is 6.08 Å². The van der Waals surface area contributed by atoms with Gasteiger partial charge in [-0.15, -0.1) is 0 Å². The highest BCUT2D eigenvalue weighted by Crippen LogP contribution is 2.15. The maximum absolute atomic E-state index is 12.1. The number of carbonyl (C=O) groups is 1. The maximum Gasteiger partial charge on any atom is 0.185 e. The number of ether oxygens (including phenoxy) is 2. The van der Waals surface area contributed by atoms with Crippen LogP contribution in [-0.4, -0.2) is 26.2 Å². The van der Waals surface area contributed by atoms with Crippen LogP contribution in [0.25, 0.3) is 6.08 Å². The van der Waals surface area contributed by atoms with Gasteiger partial charge in [0.15, 0.2) is 5.78 Å². The molecule has 0 unspecified atom stereocenters. The van der Waals surface area contributed by atoms with E-state index >= 15 is 0 Å². The lowest BCUT2D eigenvalue weighted by molar-refractivity contribution is 0.104. The minimum Gasteiger partial charge on any atom is -0.497 e. The van der Waals surface area contributed by atoms with E-state index in [4.69, 9.17) is 9.47 Å². The third-order valence-corrected chi connectivity index (χ3v) is 3.23. The van der Waals surface area contributed by atoms with Crippen molar-refractivity contribution < 1.29 is 18.7 Å². The second-order valence-electron chi connectivity index (χ2n) is 4.89. The number of methoxy groups -OCH3 is 1. The highest BCUT2D eigenvalue weighted by atomic mass is 19.1. The normalized spacial score (nSPS) is 10.7. The SMILES string of the molecule is COc1ccc(C(=O)C=Cc2ccc(OCCCF)cc2)cc1. The fraction of sp³-hybridized carbons (Fsp3) is 0.211. The lowest BCUT2D eigenvalue weighted by Gasteiger charge is -2.04. The summed E-state index contributed by atoms with van der Waals surface area (Å²) in [6, 6.07) is 14.3. The minimum atomic E-state index is -0.381. The van der Waals surface area contributed by atoms with Crippen LogP contribution in [0.3, 0.4) is 0 Å². The van der Waals surface area contributed by atoms with E-state index in [0.29, 0.717) is 30.1 Å². The number of alkyl halides is 1. The van der Waals surface area contributed by atoms with Crippen LogP contribution in [0.1, 0.15) is 22.3 Å². The van der Waals surface area contributed by atoms with Crippen molar-refractivity contribution in [3.05, 3.63) is 65.7 Å². The molecule has 0 saturated heterocycles. The zero-order valence-corrected chi connectivity index (χ0v) is 13.0. The lowest BCUT2D eigenvalue weighted by Crippen LogP contribution is -1.97. The van der Waals surface area contributed by atoms with Crippen LogP contribution in [0, 0.1) is 0 Å². The van der Waals surface area contributed by atoms with Crippen LogP contribution < -0.4 is 9.47 Å². The Balaban J connectivity index is 1.94. The summed E-state index contributed by atoms with van der Waals surface area (Å²) in [5.41, 5.74) is 1.50. The van der Waals surface area contributed by atoms with Gasteiger partial charge in [0, 0.05) is 12.0 Å². The van der Waals surface area contributed by atoms with Gasteiger partial charge in [-0.05, 0) is 48.0 Å². The Morgan fingerprint density at radius 2 is 1.70 bits per heavy atom. The van der Waals surface area contributed by atoms with Gasteiger partial charge < -0.3 is 9.47 Å². The third kappa shape index (κ3) is 5.25. The molecule has 2 aromatic rings. The van der Waals surface area contributed by atoms with Crippen molar-refractivity contribution in [1.82, 2.24) is 0 Å².